The second kappa shape index (κ2) is 4.37. The summed E-state index contributed by atoms with van der Waals surface area (Å²) in [6.45, 7) is 1.87. The number of hydrogen-bond donors (Lipinski definition) is 1. The van der Waals surface area contributed by atoms with Gasteiger partial charge >= 0.3 is 0 Å². The van der Waals surface area contributed by atoms with Gasteiger partial charge in [-0.2, -0.15) is 0 Å². The van der Waals surface area contributed by atoms with Crippen molar-refractivity contribution >= 4 is 29.1 Å². The smallest absolute Gasteiger partial charge is 0.256 e. The Morgan fingerprint density at radius 1 is 1.41 bits per heavy atom. The van der Waals surface area contributed by atoms with Crippen LogP contribution in [0.3, 0.4) is 0 Å². The number of likely N-dealkylation sites (N-methyl/N-ethyl adjacent to an activating group) is 1. The summed E-state index contributed by atoms with van der Waals surface area (Å²) < 4.78 is 0. The molecule has 1 N–H and O–H groups in total. The molecule has 0 spiro atoms. The highest BCUT2D eigenvalue weighted by Crippen LogP contribution is 2.26. The van der Waals surface area contributed by atoms with Gasteiger partial charge in [0, 0.05) is 12.1 Å². The van der Waals surface area contributed by atoms with Gasteiger partial charge in [0.05, 0.1) is 11.3 Å². The Hall–Kier alpha value is -1.55. The summed E-state index contributed by atoms with van der Waals surface area (Å²) in [7, 11) is 1.64. The van der Waals surface area contributed by atoms with E-state index in [1.165, 1.54) is 4.90 Å². The molecule has 0 radical (unpaired) electrons. The number of anilines is 1. The SMILES string of the molecule is CC[C@H]1C(=O)Nc2cc(Cl)ccc2C(=O)N1C. The molecule has 0 bridgehead atoms. The number of hydrogen-bond acceptors (Lipinski definition) is 2. The third-order valence-corrected chi connectivity index (χ3v) is 3.18. The number of amides is 2. The lowest BCUT2D eigenvalue weighted by Gasteiger charge is -2.22. The molecular formula is C12H13ClN2O2. The Morgan fingerprint density at radius 2 is 2.12 bits per heavy atom. The van der Waals surface area contributed by atoms with E-state index in [9.17, 15) is 9.59 Å². The summed E-state index contributed by atoms with van der Waals surface area (Å²) in [5.74, 6) is -0.341. The van der Waals surface area contributed by atoms with Crippen LogP contribution in [-0.2, 0) is 4.79 Å². The Balaban J connectivity index is 2.52. The van der Waals surface area contributed by atoms with Crippen LogP contribution in [0.5, 0.6) is 0 Å². The highest BCUT2D eigenvalue weighted by molar-refractivity contribution is 6.31. The molecule has 2 rings (SSSR count). The molecule has 5 heteroatoms. The first-order chi connectivity index (χ1) is 8.04. The molecule has 1 aromatic rings. The Bertz CT molecular complexity index is 487. The maximum atomic E-state index is 12.2. The number of halogens is 1. The van der Waals surface area contributed by atoms with Crippen LogP contribution in [0.25, 0.3) is 0 Å². The number of nitrogens with zero attached hydrogens (tertiary/aromatic N) is 1. The quantitative estimate of drug-likeness (QED) is 0.833. The van der Waals surface area contributed by atoms with Crippen molar-refractivity contribution in [1.82, 2.24) is 4.90 Å². The van der Waals surface area contributed by atoms with Gasteiger partial charge in [-0.05, 0) is 24.6 Å². The topological polar surface area (TPSA) is 49.4 Å². The largest absolute Gasteiger partial charge is 0.330 e. The van der Waals surface area contributed by atoms with Gasteiger partial charge in [-0.1, -0.05) is 18.5 Å². The van der Waals surface area contributed by atoms with Crippen molar-refractivity contribution in [2.45, 2.75) is 19.4 Å². The molecule has 1 aromatic carbocycles. The van der Waals surface area contributed by atoms with Crippen molar-refractivity contribution < 1.29 is 9.59 Å². The van der Waals surface area contributed by atoms with E-state index < -0.39 is 6.04 Å². The van der Waals surface area contributed by atoms with E-state index in [1.807, 2.05) is 6.92 Å². The van der Waals surface area contributed by atoms with E-state index in [4.69, 9.17) is 11.6 Å². The lowest BCUT2D eigenvalue weighted by molar-refractivity contribution is -0.120. The summed E-state index contributed by atoms with van der Waals surface area (Å²) in [5, 5.41) is 3.23. The summed E-state index contributed by atoms with van der Waals surface area (Å²) in [6, 6.07) is 4.44. The first-order valence-electron chi connectivity index (χ1n) is 5.42. The predicted octanol–water partition coefficient (Wildman–Crippen LogP) is 2.14. The van der Waals surface area contributed by atoms with Crippen LogP contribution in [0.2, 0.25) is 5.02 Å². The zero-order valence-corrected chi connectivity index (χ0v) is 10.4. The van der Waals surface area contributed by atoms with Gasteiger partial charge in [-0.3, -0.25) is 9.59 Å². The van der Waals surface area contributed by atoms with E-state index in [2.05, 4.69) is 5.32 Å². The van der Waals surface area contributed by atoms with Gasteiger partial charge in [0.1, 0.15) is 6.04 Å². The molecule has 2 amide bonds. The average Bonchev–Trinajstić information content (AvgIpc) is 2.36. The molecular weight excluding hydrogens is 240 g/mol. The first kappa shape index (κ1) is 11.9. The molecule has 1 aliphatic heterocycles. The van der Waals surface area contributed by atoms with Gasteiger partial charge in [-0.15, -0.1) is 0 Å². The standard InChI is InChI=1S/C12H13ClN2O2/c1-3-10-11(16)14-9-6-7(13)4-5-8(9)12(17)15(10)2/h4-6,10H,3H2,1-2H3,(H,14,16)/t10-/m0/s1. The van der Waals surface area contributed by atoms with Crippen molar-refractivity contribution in [3.8, 4) is 0 Å². The second-order valence-corrected chi connectivity index (χ2v) is 4.46. The third kappa shape index (κ3) is 2.00. The molecule has 1 heterocycles. The minimum atomic E-state index is -0.436. The monoisotopic (exact) mass is 252 g/mol. The number of benzene rings is 1. The number of carbonyl (C=O) groups is 2. The molecule has 0 fully saturated rings. The number of fused-ring (bicyclic) bond motifs is 1. The summed E-state index contributed by atoms with van der Waals surface area (Å²) >= 11 is 5.86. The van der Waals surface area contributed by atoms with E-state index in [-0.39, 0.29) is 11.8 Å². The lowest BCUT2D eigenvalue weighted by Crippen LogP contribution is -2.42. The van der Waals surface area contributed by atoms with Crippen LogP contribution in [0.1, 0.15) is 23.7 Å². The second-order valence-electron chi connectivity index (χ2n) is 4.02. The van der Waals surface area contributed by atoms with Crippen molar-refractivity contribution in [3.63, 3.8) is 0 Å². The van der Waals surface area contributed by atoms with Crippen molar-refractivity contribution in [1.29, 1.82) is 0 Å². The fourth-order valence-corrected chi connectivity index (χ4v) is 2.16. The van der Waals surface area contributed by atoms with Crippen molar-refractivity contribution in [3.05, 3.63) is 28.8 Å². The highest BCUT2D eigenvalue weighted by Gasteiger charge is 2.31. The van der Waals surface area contributed by atoms with E-state index in [1.54, 1.807) is 25.2 Å². The van der Waals surface area contributed by atoms with Crippen LogP contribution in [-0.4, -0.2) is 29.8 Å². The maximum absolute atomic E-state index is 12.2. The molecule has 0 saturated heterocycles. The molecule has 1 aliphatic rings. The van der Waals surface area contributed by atoms with Crippen LogP contribution in [0.4, 0.5) is 5.69 Å². The van der Waals surface area contributed by atoms with Gasteiger partial charge < -0.3 is 10.2 Å². The zero-order chi connectivity index (χ0) is 12.6. The van der Waals surface area contributed by atoms with Gasteiger partial charge in [0.15, 0.2) is 0 Å². The molecule has 4 nitrogen and oxygen atoms in total. The molecule has 90 valence electrons. The molecule has 1 atom stereocenters. The third-order valence-electron chi connectivity index (χ3n) is 2.95. The molecule has 0 aromatic heterocycles. The fraction of sp³-hybridized carbons (Fsp3) is 0.333. The van der Waals surface area contributed by atoms with Crippen LogP contribution >= 0.6 is 11.6 Å². The van der Waals surface area contributed by atoms with Crippen LogP contribution < -0.4 is 5.32 Å². The number of nitrogens with one attached hydrogen (secondary N) is 1. The molecule has 0 unspecified atom stereocenters. The fourth-order valence-electron chi connectivity index (χ4n) is 1.99. The summed E-state index contributed by atoms with van der Waals surface area (Å²) in [5.41, 5.74) is 0.955. The molecule has 17 heavy (non-hydrogen) atoms. The van der Waals surface area contributed by atoms with Crippen molar-refractivity contribution in [2.75, 3.05) is 12.4 Å². The maximum Gasteiger partial charge on any atom is 0.256 e. The number of carbonyl (C=O) groups excluding carboxylic acids is 2. The molecule has 0 aliphatic carbocycles. The lowest BCUT2D eigenvalue weighted by atomic mass is 10.1. The van der Waals surface area contributed by atoms with E-state index >= 15 is 0 Å². The minimum absolute atomic E-state index is 0.165. The van der Waals surface area contributed by atoms with E-state index in [0.717, 1.165) is 0 Å². The minimum Gasteiger partial charge on any atom is -0.330 e. The first-order valence-corrected chi connectivity index (χ1v) is 5.80. The van der Waals surface area contributed by atoms with E-state index in [0.29, 0.717) is 22.7 Å². The Labute approximate surface area is 105 Å². The Kier molecular flexibility index (Phi) is 3.07. The van der Waals surface area contributed by atoms with Gasteiger partial charge in [0.2, 0.25) is 5.91 Å². The van der Waals surface area contributed by atoms with Crippen molar-refractivity contribution in [2.24, 2.45) is 0 Å². The van der Waals surface area contributed by atoms with Gasteiger partial charge in [-0.25, -0.2) is 0 Å². The molecule has 0 saturated carbocycles. The summed E-state index contributed by atoms with van der Waals surface area (Å²) in [6.07, 6.45) is 0.579. The van der Waals surface area contributed by atoms with Crippen LogP contribution in [0, 0.1) is 0 Å². The summed E-state index contributed by atoms with van der Waals surface area (Å²) in [4.78, 5) is 25.5. The Morgan fingerprint density at radius 3 is 2.76 bits per heavy atom. The normalized spacial score (nSPS) is 19.7. The highest BCUT2D eigenvalue weighted by atomic mass is 35.5. The van der Waals surface area contributed by atoms with Gasteiger partial charge in [0.25, 0.3) is 5.91 Å². The zero-order valence-electron chi connectivity index (χ0n) is 9.66. The van der Waals surface area contributed by atoms with Crippen LogP contribution in [0.15, 0.2) is 18.2 Å². The average molecular weight is 253 g/mol. The predicted molar refractivity (Wildman–Crippen MR) is 66.3 cm³/mol. The number of rotatable bonds is 1.